The summed E-state index contributed by atoms with van der Waals surface area (Å²) in [7, 11) is 1.57. The lowest BCUT2D eigenvalue weighted by molar-refractivity contribution is -0.238. The van der Waals surface area contributed by atoms with Crippen molar-refractivity contribution in [3.63, 3.8) is 0 Å². The number of hydrogen-bond donors (Lipinski definition) is 5. The van der Waals surface area contributed by atoms with Gasteiger partial charge in [0, 0.05) is 37.3 Å². The van der Waals surface area contributed by atoms with Gasteiger partial charge in [-0.25, -0.2) is 14.8 Å². The van der Waals surface area contributed by atoms with E-state index in [1.807, 2.05) is 36.1 Å². The van der Waals surface area contributed by atoms with Gasteiger partial charge in [-0.1, -0.05) is 24.1 Å². The van der Waals surface area contributed by atoms with Crippen LogP contribution in [-0.4, -0.2) is 105 Å². The lowest BCUT2D eigenvalue weighted by atomic mass is 9.97. The fourth-order valence-electron chi connectivity index (χ4n) is 6.32. The van der Waals surface area contributed by atoms with Crippen molar-refractivity contribution in [2.24, 2.45) is 7.05 Å². The summed E-state index contributed by atoms with van der Waals surface area (Å²) < 4.78 is 9.84. The Morgan fingerprint density at radius 2 is 1.85 bits per heavy atom. The molecule has 46 heavy (non-hydrogen) atoms. The van der Waals surface area contributed by atoms with Gasteiger partial charge in [0.25, 0.3) is 5.56 Å². The summed E-state index contributed by atoms with van der Waals surface area (Å²) in [5, 5.41) is 44.6. The Morgan fingerprint density at radius 1 is 1.07 bits per heavy atom. The Morgan fingerprint density at radius 3 is 2.61 bits per heavy atom. The van der Waals surface area contributed by atoms with Crippen molar-refractivity contribution in [3.05, 3.63) is 56.6 Å². The molecule has 2 fully saturated rings. The molecule has 0 aliphatic carbocycles. The predicted octanol–water partition coefficient (Wildman–Crippen LogP) is -1.42. The van der Waals surface area contributed by atoms with Crippen LogP contribution in [0.15, 0.2) is 33.9 Å². The number of benzene rings is 1. The highest BCUT2D eigenvalue weighted by atomic mass is 16.6. The van der Waals surface area contributed by atoms with E-state index in [4.69, 9.17) is 9.72 Å². The molecule has 0 saturated carbocycles. The average molecular weight is 635 g/mol. The van der Waals surface area contributed by atoms with Crippen LogP contribution in [0.4, 0.5) is 5.95 Å². The number of fused-ring (bicyclic) bond motifs is 2. The molecule has 3 aromatic heterocycles. The second-order valence-corrected chi connectivity index (χ2v) is 11.8. The number of rotatable bonds is 7. The summed E-state index contributed by atoms with van der Waals surface area (Å²) in [4.78, 5) is 43.5. The van der Waals surface area contributed by atoms with Crippen molar-refractivity contribution in [1.82, 2.24) is 34.0 Å². The third-order valence-electron chi connectivity index (χ3n) is 8.76. The van der Waals surface area contributed by atoms with Crippen molar-refractivity contribution in [2.45, 2.75) is 76.5 Å². The number of nitrogens with zero attached hydrogens (tertiary/aromatic N) is 7. The molecule has 4 aromatic rings. The number of aromatic nitrogens is 6. The van der Waals surface area contributed by atoms with Gasteiger partial charge in [0.1, 0.15) is 36.5 Å². The van der Waals surface area contributed by atoms with E-state index in [1.165, 1.54) is 4.57 Å². The zero-order valence-corrected chi connectivity index (χ0v) is 25.9. The topological polar surface area (TPSA) is 193 Å². The van der Waals surface area contributed by atoms with Gasteiger partial charge in [0.2, 0.25) is 5.95 Å². The maximum Gasteiger partial charge on any atom is 0.332 e. The smallest absolute Gasteiger partial charge is 0.332 e. The highest BCUT2D eigenvalue weighted by molar-refractivity contribution is 5.80. The van der Waals surface area contributed by atoms with E-state index in [1.54, 1.807) is 18.5 Å². The average Bonchev–Trinajstić information content (AvgIpc) is 3.45. The maximum absolute atomic E-state index is 14.1. The Kier molecular flexibility index (Phi) is 8.92. The Balaban J connectivity index is 1.35. The Hall–Kier alpha value is -4.17. The van der Waals surface area contributed by atoms with Gasteiger partial charge < -0.3 is 30.1 Å². The molecule has 6 atom stereocenters. The Bertz CT molecular complexity index is 1940. The van der Waals surface area contributed by atoms with Crippen LogP contribution in [-0.2, 0) is 24.9 Å². The first kappa shape index (κ1) is 31.8. The normalized spacial score (nSPS) is 25.2. The Labute approximate surface area is 263 Å². The molecule has 6 rings (SSSR count). The minimum Gasteiger partial charge on any atom is -0.394 e. The number of anilines is 1. The summed E-state index contributed by atoms with van der Waals surface area (Å²) in [6.45, 7) is 4.07. The lowest BCUT2D eigenvalue weighted by Crippen LogP contribution is -2.64. The zero-order chi connectivity index (χ0) is 32.7. The standard InChI is InChI=1S/C31H38N8O7/c1-4-5-13-38-23-27(36(3)31(45)39(29(23)44)15-22-32-17(2)19-10-6-7-11-20(19)34-22)35-30(38)37-12-8-9-18(14-37)33-28-26(43)25(42)24(41)21(16-40)46-28/h6-7,10-11,18,21,24-26,28,33,40-43H,8-9,12-16H2,1-3H3. The first-order valence-electron chi connectivity index (χ1n) is 15.3. The first-order chi connectivity index (χ1) is 22.1. The van der Waals surface area contributed by atoms with Crippen molar-refractivity contribution in [1.29, 1.82) is 0 Å². The second kappa shape index (κ2) is 12.9. The van der Waals surface area contributed by atoms with Crippen molar-refractivity contribution in [2.75, 3.05) is 24.6 Å². The van der Waals surface area contributed by atoms with Crippen LogP contribution in [0, 0.1) is 18.8 Å². The zero-order valence-electron chi connectivity index (χ0n) is 25.9. The van der Waals surface area contributed by atoms with Crippen LogP contribution in [0.1, 0.15) is 31.3 Å². The number of piperidine rings is 1. The number of nitrogens with one attached hydrogen (secondary N) is 1. The molecular weight excluding hydrogens is 596 g/mol. The van der Waals surface area contributed by atoms with Crippen LogP contribution in [0.2, 0.25) is 0 Å². The van der Waals surface area contributed by atoms with Crippen LogP contribution in [0.25, 0.3) is 22.1 Å². The number of para-hydroxylation sites is 1. The van der Waals surface area contributed by atoms with Gasteiger partial charge in [-0.3, -0.25) is 23.8 Å². The number of aliphatic hydroxyl groups is 4. The molecule has 5 heterocycles. The summed E-state index contributed by atoms with van der Waals surface area (Å²) in [6.07, 6.45) is -4.99. The van der Waals surface area contributed by atoms with Gasteiger partial charge in [-0.05, 0) is 32.8 Å². The fourth-order valence-corrected chi connectivity index (χ4v) is 6.32. The van der Waals surface area contributed by atoms with E-state index >= 15 is 0 Å². The molecule has 2 aliphatic heterocycles. The molecule has 15 nitrogen and oxygen atoms in total. The number of ether oxygens (including phenoxy) is 1. The molecule has 6 unspecified atom stereocenters. The molecule has 0 amide bonds. The predicted molar refractivity (Wildman–Crippen MR) is 168 cm³/mol. The third-order valence-corrected chi connectivity index (χ3v) is 8.76. The van der Waals surface area contributed by atoms with Crippen molar-refractivity contribution in [3.8, 4) is 11.8 Å². The van der Waals surface area contributed by atoms with Gasteiger partial charge >= 0.3 is 5.69 Å². The summed E-state index contributed by atoms with van der Waals surface area (Å²) in [5.41, 5.74) is 0.829. The van der Waals surface area contributed by atoms with Crippen LogP contribution in [0.3, 0.4) is 0 Å². The minimum atomic E-state index is -1.49. The molecule has 1 aromatic carbocycles. The monoisotopic (exact) mass is 634 g/mol. The molecule has 0 bridgehead atoms. The summed E-state index contributed by atoms with van der Waals surface area (Å²) in [5.74, 6) is 6.70. The van der Waals surface area contributed by atoms with E-state index in [2.05, 4.69) is 27.1 Å². The molecule has 0 radical (unpaired) electrons. The largest absolute Gasteiger partial charge is 0.394 e. The van der Waals surface area contributed by atoms with Crippen LogP contribution < -0.4 is 21.5 Å². The summed E-state index contributed by atoms with van der Waals surface area (Å²) in [6, 6.07) is 7.32. The number of imidazole rings is 1. The van der Waals surface area contributed by atoms with E-state index in [9.17, 15) is 30.0 Å². The minimum absolute atomic E-state index is 0.123. The molecule has 0 spiro atoms. The quantitative estimate of drug-likeness (QED) is 0.149. The molecule has 244 valence electrons. The molecule has 2 aliphatic rings. The lowest BCUT2D eigenvalue weighted by Gasteiger charge is -2.43. The van der Waals surface area contributed by atoms with Crippen LogP contribution in [0.5, 0.6) is 0 Å². The van der Waals surface area contributed by atoms with Crippen molar-refractivity contribution >= 4 is 28.0 Å². The first-order valence-corrected chi connectivity index (χ1v) is 15.3. The van der Waals surface area contributed by atoms with Gasteiger partial charge in [-0.2, -0.15) is 4.98 Å². The van der Waals surface area contributed by atoms with E-state index in [0.29, 0.717) is 31.3 Å². The van der Waals surface area contributed by atoms with Gasteiger partial charge in [0.15, 0.2) is 11.2 Å². The highest BCUT2D eigenvalue weighted by Gasteiger charge is 2.44. The summed E-state index contributed by atoms with van der Waals surface area (Å²) >= 11 is 0. The van der Waals surface area contributed by atoms with Gasteiger partial charge in [0.05, 0.1) is 25.2 Å². The molecule has 15 heteroatoms. The van der Waals surface area contributed by atoms with E-state index in [0.717, 1.165) is 27.6 Å². The second-order valence-electron chi connectivity index (χ2n) is 11.8. The maximum atomic E-state index is 14.1. The fraction of sp³-hybridized carbons (Fsp3) is 0.516. The molecule has 5 N–H and O–H groups in total. The molecule has 2 saturated heterocycles. The van der Waals surface area contributed by atoms with Crippen LogP contribution >= 0.6 is 0 Å². The molecular formula is C31H38N8O7. The van der Waals surface area contributed by atoms with Gasteiger partial charge in [-0.15, -0.1) is 5.92 Å². The third kappa shape index (κ3) is 5.68. The highest BCUT2D eigenvalue weighted by Crippen LogP contribution is 2.26. The number of hydrogen-bond acceptors (Lipinski definition) is 12. The van der Waals surface area contributed by atoms with Crippen molar-refractivity contribution < 1.29 is 25.2 Å². The van der Waals surface area contributed by atoms with E-state index < -0.39 is 48.5 Å². The SMILES string of the molecule is CC#CCn1c(N2CCCC(NC3OC(CO)C(O)C(O)C3O)C2)nc2c1c(=O)n(Cc1nc(C)c3ccccc3n1)c(=O)n2C. The number of aliphatic hydroxyl groups excluding tert-OH is 4. The number of aryl methyl sites for hydroxylation is 2. The van der Waals surface area contributed by atoms with E-state index in [-0.39, 0.29) is 30.3 Å².